The second-order valence-electron chi connectivity index (χ2n) is 8.23. The molecule has 0 spiro atoms. The van der Waals surface area contributed by atoms with Crippen molar-refractivity contribution in [3.05, 3.63) is 59.2 Å². The average molecular weight is 426 g/mol. The van der Waals surface area contributed by atoms with Gasteiger partial charge in [-0.15, -0.1) is 0 Å². The van der Waals surface area contributed by atoms with Gasteiger partial charge in [0.05, 0.1) is 5.41 Å². The lowest BCUT2D eigenvalue weighted by Crippen LogP contribution is -2.33. The lowest BCUT2D eigenvalue weighted by molar-refractivity contribution is -0.137. The third kappa shape index (κ3) is 5.94. The van der Waals surface area contributed by atoms with E-state index in [0.717, 1.165) is 48.2 Å². The zero-order chi connectivity index (χ0) is 23.0. The van der Waals surface area contributed by atoms with E-state index in [1.165, 1.54) is 5.56 Å². The van der Waals surface area contributed by atoms with Crippen LogP contribution in [0.1, 0.15) is 56.2 Å². The fraction of sp³-hybridized carbons (Fsp3) is 0.400. The Kier molecular flexibility index (Phi) is 8.37. The summed E-state index contributed by atoms with van der Waals surface area (Å²) in [5.74, 6) is 0.203. The molecule has 31 heavy (non-hydrogen) atoms. The zero-order valence-electron chi connectivity index (χ0n) is 18.5. The standard InChI is InChI=1S/C24H29NO4.CH2O/c1-24(2)20-15-18(12-13-21(20)25(3)23(24)28)16-29-19-10-7-9-17(14-19)8-5-4-6-11-22(26)27;1-2/h7,9-10,12-15H,4-6,8,11,16H2,1-3H3,(H,26,27);1H2. The second kappa shape index (κ2) is 10.8. The maximum absolute atomic E-state index is 12.4. The summed E-state index contributed by atoms with van der Waals surface area (Å²) in [7, 11) is 1.82. The van der Waals surface area contributed by atoms with Crippen LogP contribution in [0.4, 0.5) is 5.69 Å². The molecule has 0 aromatic heterocycles. The number of carbonyl (C=O) groups excluding carboxylic acids is 2. The number of nitrogens with zero attached hydrogens (tertiary/aromatic N) is 1. The fourth-order valence-electron chi connectivity index (χ4n) is 3.85. The van der Waals surface area contributed by atoms with E-state index in [0.29, 0.717) is 6.61 Å². The van der Waals surface area contributed by atoms with Gasteiger partial charge in [0, 0.05) is 19.2 Å². The number of anilines is 1. The van der Waals surface area contributed by atoms with Crippen LogP contribution in [0.5, 0.6) is 5.75 Å². The van der Waals surface area contributed by atoms with Crippen molar-refractivity contribution in [3.8, 4) is 5.75 Å². The van der Waals surface area contributed by atoms with E-state index in [2.05, 4.69) is 12.1 Å². The molecule has 2 aromatic rings. The van der Waals surface area contributed by atoms with Gasteiger partial charge >= 0.3 is 5.97 Å². The lowest BCUT2D eigenvalue weighted by atomic mass is 9.85. The highest BCUT2D eigenvalue weighted by atomic mass is 16.5. The molecule has 3 rings (SSSR count). The number of benzene rings is 2. The van der Waals surface area contributed by atoms with Gasteiger partial charge in [-0.2, -0.15) is 0 Å². The molecule has 0 saturated heterocycles. The number of carboxylic acid groups (broad SMARTS) is 1. The van der Waals surface area contributed by atoms with Gasteiger partial charge in [0.1, 0.15) is 19.1 Å². The molecule has 0 aliphatic carbocycles. The van der Waals surface area contributed by atoms with Crippen molar-refractivity contribution in [2.24, 2.45) is 0 Å². The van der Waals surface area contributed by atoms with Crippen LogP contribution < -0.4 is 9.64 Å². The van der Waals surface area contributed by atoms with Crippen LogP contribution in [-0.2, 0) is 32.8 Å². The Bertz CT molecular complexity index is 922. The summed E-state index contributed by atoms with van der Waals surface area (Å²) < 4.78 is 6.00. The normalized spacial score (nSPS) is 13.9. The molecule has 0 saturated carbocycles. The Balaban J connectivity index is 0.00000166. The number of fused-ring (bicyclic) bond motifs is 1. The number of ether oxygens (including phenoxy) is 1. The van der Waals surface area contributed by atoms with Crippen LogP contribution in [-0.4, -0.2) is 30.8 Å². The Labute approximate surface area is 183 Å². The Hall–Kier alpha value is -3.15. The molecule has 0 bridgehead atoms. The third-order valence-electron chi connectivity index (χ3n) is 5.60. The van der Waals surface area contributed by atoms with Crippen molar-refractivity contribution >= 4 is 24.4 Å². The van der Waals surface area contributed by atoms with Gasteiger partial charge in [-0.25, -0.2) is 0 Å². The molecule has 2 aromatic carbocycles. The zero-order valence-corrected chi connectivity index (χ0v) is 18.5. The fourth-order valence-corrected chi connectivity index (χ4v) is 3.85. The predicted octanol–water partition coefficient (Wildman–Crippen LogP) is 4.52. The number of hydrogen-bond donors (Lipinski definition) is 1. The van der Waals surface area contributed by atoms with Crippen LogP contribution in [0.25, 0.3) is 0 Å². The molecule has 166 valence electrons. The Morgan fingerprint density at radius 1 is 1.06 bits per heavy atom. The first-order valence-corrected chi connectivity index (χ1v) is 10.4. The van der Waals surface area contributed by atoms with Crippen molar-refractivity contribution in [1.29, 1.82) is 0 Å². The van der Waals surface area contributed by atoms with E-state index in [4.69, 9.17) is 14.6 Å². The van der Waals surface area contributed by atoms with E-state index < -0.39 is 11.4 Å². The minimum atomic E-state index is -0.730. The molecule has 1 amide bonds. The first kappa shape index (κ1) is 24.1. The second-order valence-corrected chi connectivity index (χ2v) is 8.23. The number of unbranched alkanes of at least 4 members (excludes halogenated alkanes) is 2. The predicted molar refractivity (Wildman–Crippen MR) is 121 cm³/mol. The third-order valence-corrected chi connectivity index (χ3v) is 5.60. The number of likely N-dealkylation sites (N-methyl/N-ethyl adjacent to an activating group) is 1. The molecule has 0 unspecified atom stereocenters. The molecule has 1 aliphatic heterocycles. The van der Waals surface area contributed by atoms with Gasteiger partial charge < -0.3 is 19.5 Å². The molecule has 6 heteroatoms. The minimum Gasteiger partial charge on any atom is -0.489 e. The van der Waals surface area contributed by atoms with Crippen molar-refractivity contribution < 1.29 is 24.2 Å². The van der Waals surface area contributed by atoms with Crippen molar-refractivity contribution in [2.45, 2.75) is 58.0 Å². The molecular weight excluding hydrogens is 394 g/mol. The summed E-state index contributed by atoms with van der Waals surface area (Å²) in [4.78, 5) is 32.7. The van der Waals surface area contributed by atoms with Crippen molar-refractivity contribution in [2.75, 3.05) is 11.9 Å². The average Bonchev–Trinajstić information content (AvgIpc) is 2.93. The van der Waals surface area contributed by atoms with Crippen LogP contribution in [0.3, 0.4) is 0 Å². The summed E-state index contributed by atoms with van der Waals surface area (Å²) in [5, 5.41) is 8.69. The monoisotopic (exact) mass is 425 g/mol. The molecular formula is C25H31NO5. The largest absolute Gasteiger partial charge is 0.489 e. The number of amides is 1. The highest BCUT2D eigenvalue weighted by Gasteiger charge is 2.42. The van der Waals surface area contributed by atoms with E-state index in [9.17, 15) is 9.59 Å². The van der Waals surface area contributed by atoms with Crippen molar-refractivity contribution in [1.82, 2.24) is 0 Å². The number of carbonyl (C=O) groups is 3. The van der Waals surface area contributed by atoms with E-state index in [1.54, 1.807) is 4.90 Å². The number of aliphatic carboxylic acids is 1. The lowest BCUT2D eigenvalue weighted by Gasteiger charge is -2.17. The SMILES string of the molecule is C=O.CN1C(=O)C(C)(C)c2cc(COc3cccc(CCCCCC(=O)O)c3)ccc21. The topological polar surface area (TPSA) is 83.9 Å². The molecule has 1 N–H and O–H groups in total. The first-order valence-electron chi connectivity index (χ1n) is 10.4. The minimum absolute atomic E-state index is 0.113. The van der Waals surface area contributed by atoms with Gasteiger partial charge in [0.2, 0.25) is 5.91 Å². The van der Waals surface area contributed by atoms with Crippen LogP contribution in [0, 0.1) is 0 Å². The van der Waals surface area contributed by atoms with Crippen LogP contribution in [0.15, 0.2) is 42.5 Å². The smallest absolute Gasteiger partial charge is 0.303 e. The highest BCUT2D eigenvalue weighted by molar-refractivity contribution is 6.07. The number of rotatable bonds is 9. The Morgan fingerprint density at radius 3 is 2.52 bits per heavy atom. The van der Waals surface area contributed by atoms with E-state index in [-0.39, 0.29) is 12.3 Å². The molecule has 0 radical (unpaired) electrons. The van der Waals surface area contributed by atoms with E-state index >= 15 is 0 Å². The molecule has 1 heterocycles. The van der Waals surface area contributed by atoms with Crippen molar-refractivity contribution in [3.63, 3.8) is 0 Å². The number of aryl methyl sites for hydroxylation is 1. The first-order chi connectivity index (χ1) is 14.8. The molecule has 0 fully saturated rings. The molecule has 6 nitrogen and oxygen atoms in total. The van der Waals surface area contributed by atoms with E-state index in [1.807, 2.05) is 58.0 Å². The summed E-state index contributed by atoms with van der Waals surface area (Å²) >= 11 is 0. The molecule has 1 aliphatic rings. The summed E-state index contributed by atoms with van der Waals surface area (Å²) in [6, 6.07) is 14.1. The summed E-state index contributed by atoms with van der Waals surface area (Å²) in [6.45, 7) is 6.37. The maximum Gasteiger partial charge on any atom is 0.303 e. The van der Waals surface area contributed by atoms with Crippen LogP contribution in [0.2, 0.25) is 0 Å². The summed E-state index contributed by atoms with van der Waals surface area (Å²) in [5.41, 5.74) is 3.73. The number of hydrogen-bond acceptors (Lipinski definition) is 4. The maximum atomic E-state index is 12.4. The Morgan fingerprint density at radius 2 is 1.81 bits per heavy atom. The van der Waals surface area contributed by atoms with Crippen LogP contribution >= 0.6 is 0 Å². The number of carboxylic acids is 1. The van der Waals surface area contributed by atoms with Gasteiger partial charge in [-0.3, -0.25) is 9.59 Å². The highest BCUT2D eigenvalue weighted by Crippen LogP contribution is 2.41. The molecule has 0 atom stereocenters. The quantitative estimate of drug-likeness (QED) is 0.597. The van der Waals surface area contributed by atoms with Gasteiger partial charge in [-0.05, 0) is 74.1 Å². The van der Waals surface area contributed by atoms with Gasteiger partial charge in [-0.1, -0.05) is 24.6 Å². The van der Waals surface area contributed by atoms with Gasteiger partial charge in [0.15, 0.2) is 0 Å². The van der Waals surface area contributed by atoms with Gasteiger partial charge in [0.25, 0.3) is 0 Å². The summed E-state index contributed by atoms with van der Waals surface area (Å²) in [6.07, 6.45) is 3.76.